The van der Waals surface area contributed by atoms with E-state index in [1.54, 1.807) is 24.3 Å². The normalized spacial score (nSPS) is 19.3. The Hall–Kier alpha value is -1.85. The SMILES string of the molecule is CS(=O)(=O)N1CCCC[C@@H]1C(=O)Nc1ccc(CN2CCc3ccc(C(F)(F)F)cc3C2)c(Cl)c1.Cl. The number of carbonyl (C=O) groups is 1. The van der Waals surface area contributed by atoms with Crippen molar-refractivity contribution in [1.29, 1.82) is 0 Å². The molecule has 198 valence electrons. The van der Waals surface area contributed by atoms with Crippen LogP contribution in [0.5, 0.6) is 0 Å². The van der Waals surface area contributed by atoms with Gasteiger partial charge in [-0.25, -0.2) is 8.42 Å². The molecule has 2 aliphatic heterocycles. The summed E-state index contributed by atoms with van der Waals surface area (Å²) in [5, 5.41) is 3.19. The smallest absolute Gasteiger partial charge is 0.325 e. The van der Waals surface area contributed by atoms with Crippen LogP contribution in [0.2, 0.25) is 5.02 Å². The Morgan fingerprint density at radius 2 is 1.86 bits per heavy atom. The zero-order chi connectivity index (χ0) is 25.4. The van der Waals surface area contributed by atoms with Crippen LogP contribution in [0.3, 0.4) is 0 Å². The molecule has 2 heterocycles. The number of rotatable bonds is 5. The van der Waals surface area contributed by atoms with Crippen LogP contribution in [0, 0.1) is 0 Å². The van der Waals surface area contributed by atoms with Crippen molar-refractivity contribution in [3.63, 3.8) is 0 Å². The number of piperidine rings is 1. The van der Waals surface area contributed by atoms with Crippen molar-refractivity contribution in [3.05, 3.63) is 63.7 Å². The van der Waals surface area contributed by atoms with Gasteiger partial charge in [-0.2, -0.15) is 17.5 Å². The van der Waals surface area contributed by atoms with Gasteiger partial charge in [0.05, 0.1) is 11.8 Å². The fraction of sp³-hybridized carbons (Fsp3) is 0.458. The van der Waals surface area contributed by atoms with E-state index in [-0.39, 0.29) is 12.4 Å². The van der Waals surface area contributed by atoms with Crippen LogP contribution < -0.4 is 5.32 Å². The van der Waals surface area contributed by atoms with Crippen LogP contribution >= 0.6 is 24.0 Å². The summed E-state index contributed by atoms with van der Waals surface area (Å²) in [7, 11) is -3.50. The first-order chi connectivity index (χ1) is 16.4. The maximum atomic E-state index is 13.1. The van der Waals surface area contributed by atoms with E-state index in [0.717, 1.165) is 36.3 Å². The maximum absolute atomic E-state index is 13.1. The molecule has 0 aromatic heterocycles. The van der Waals surface area contributed by atoms with E-state index >= 15 is 0 Å². The van der Waals surface area contributed by atoms with Gasteiger partial charge >= 0.3 is 6.18 Å². The second-order valence-corrected chi connectivity index (χ2v) is 11.5. The summed E-state index contributed by atoms with van der Waals surface area (Å²) < 4.78 is 64.6. The van der Waals surface area contributed by atoms with Crippen LogP contribution in [-0.4, -0.2) is 48.9 Å². The van der Waals surface area contributed by atoms with Gasteiger partial charge in [-0.3, -0.25) is 9.69 Å². The van der Waals surface area contributed by atoms with Gasteiger partial charge in [0.1, 0.15) is 6.04 Å². The zero-order valence-electron chi connectivity index (χ0n) is 19.6. The molecule has 1 saturated heterocycles. The highest BCUT2D eigenvalue weighted by atomic mass is 35.5. The van der Waals surface area contributed by atoms with E-state index in [0.29, 0.717) is 55.3 Å². The van der Waals surface area contributed by atoms with Gasteiger partial charge in [0.25, 0.3) is 0 Å². The maximum Gasteiger partial charge on any atom is 0.416 e. The lowest BCUT2D eigenvalue weighted by molar-refractivity contribution is -0.137. The highest BCUT2D eigenvalue weighted by molar-refractivity contribution is 7.88. The van der Waals surface area contributed by atoms with Crippen LogP contribution in [0.4, 0.5) is 18.9 Å². The molecule has 2 aromatic carbocycles. The number of nitrogens with zero attached hydrogens (tertiary/aromatic N) is 2. The number of alkyl halides is 3. The highest BCUT2D eigenvalue weighted by Crippen LogP contribution is 2.33. The molecule has 2 aliphatic rings. The van der Waals surface area contributed by atoms with E-state index in [2.05, 4.69) is 5.32 Å². The number of carbonyl (C=O) groups excluding carboxylic acids is 1. The van der Waals surface area contributed by atoms with Crippen molar-refractivity contribution in [1.82, 2.24) is 9.21 Å². The summed E-state index contributed by atoms with van der Waals surface area (Å²) in [6, 6.07) is 8.22. The van der Waals surface area contributed by atoms with E-state index in [9.17, 15) is 26.4 Å². The molecule has 2 aromatic rings. The summed E-state index contributed by atoms with van der Waals surface area (Å²) in [6.45, 7) is 1.85. The van der Waals surface area contributed by atoms with Gasteiger partial charge in [-0.1, -0.05) is 30.2 Å². The third-order valence-electron chi connectivity index (χ3n) is 6.52. The fourth-order valence-corrected chi connectivity index (χ4v) is 6.08. The summed E-state index contributed by atoms with van der Waals surface area (Å²) >= 11 is 6.47. The lowest BCUT2D eigenvalue weighted by atomic mass is 9.97. The molecule has 6 nitrogen and oxygen atoms in total. The average Bonchev–Trinajstić information content (AvgIpc) is 2.79. The largest absolute Gasteiger partial charge is 0.416 e. The molecule has 0 spiro atoms. The van der Waals surface area contributed by atoms with E-state index in [1.165, 1.54) is 10.4 Å². The molecule has 0 aliphatic carbocycles. The standard InChI is InChI=1S/C24H27ClF3N3O3S.ClH/c1-35(33,34)31-10-3-2-4-22(31)23(32)29-20-8-6-17(21(25)13-20)14-30-11-9-16-5-7-19(24(26,27)28)12-18(16)15-30;/h5-8,12-13,22H,2-4,9-11,14-15H2,1H3,(H,29,32);1H/t22-;/m1./s1. The third kappa shape index (κ3) is 6.72. The van der Waals surface area contributed by atoms with Crippen LogP contribution in [0.15, 0.2) is 36.4 Å². The predicted molar refractivity (Wildman–Crippen MR) is 136 cm³/mol. The first kappa shape index (κ1) is 28.7. The van der Waals surface area contributed by atoms with Gasteiger partial charge in [-0.05, 0) is 60.2 Å². The van der Waals surface area contributed by atoms with Gasteiger partial charge < -0.3 is 5.32 Å². The summed E-state index contributed by atoms with van der Waals surface area (Å²) in [6.07, 6.45) is -0.679. The Kier molecular flexibility index (Phi) is 8.99. The number of hydrogen-bond acceptors (Lipinski definition) is 4. The van der Waals surface area contributed by atoms with Crippen molar-refractivity contribution in [3.8, 4) is 0 Å². The topological polar surface area (TPSA) is 69.7 Å². The quantitative estimate of drug-likeness (QED) is 0.548. The zero-order valence-corrected chi connectivity index (χ0v) is 22.0. The number of anilines is 1. The number of benzene rings is 2. The Balaban J connectivity index is 0.00000361. The number of nitrogens with one attached hydrogen (secondary N) is 1. The molecule has 4 rings (SSSR count). The molecule has 12 heteroatoms. The summed E-state index contributed by atoms with van der Waals surface area (Å²) in [4.78, 5) is 14.8. The van der Waals surface area contributed by atoms with Crippen LogP contribution in [0.25, 0.3) is 0 Å². The Morgan fingerprint density at radius 1 is 1.11 bits per heavy atom. The summed E-state index contributed by atoms with van der Waals surface area (Å²) in [5.41, 5.74) is 2.18. The molecule has 0 radical (unpaired) electrons. The molecule has 0 unspecified atom stereocenters. The first-order valence-corrected chi connectivity index (χ1v) is 13.6. The van der Waals surface area contributed by atoms with E-state index < -0.39 is 33.7 Å². The van der Waals surface area contributed by atoms with Crippen LogP contribution in [0.1, 0.15) is 41.5 Å². The number of amides is 1. The molecule has 1 fully saturated rings. The summed E-state index contributed by atoms with van der Waals surface area (Å²) in [5.74, 6) is -0.396. The number of sulfonamides is 1. The van der Waals surface area contributed by atoms with Crippen molar-refractivity contribution in [2.45, 2.75) is 51.0 Å². The average molecular weight is 566 g/mol. The lowest BCUT2D eigenvalue weighted by Gasteiger charge is -2.32. The van der Waals surface area contributed by atoms with Crippen molar-refractivity contribution < 1.29 is 26.4 Å². The van der Waals surface area contributed by atoms with Crippen molar-refractivity contribution >= 4 is 45.6 Å². The predicted octanol–water partition coefficient (Wildman–Crippen LogP) is 5.09. The van der Waals surface area contributed by atoms with Gasteiger partial charge in [0.15, 0.2) is 0 Å². The van der Waals surface area contributed by atoms with Crippen molar-refractivity contribution in [2.24, 2.45) is 0 Å². The molecule has 0 bridgehead atoms. The Labute approximate surface area is 220 Å². The fourth-order valence-electron chi connectivity index (χ4n) is 4.71. The molecular weight excluding hydrogens is 538 g/mol. The number of hydrogen-bond donors (Lipinski definition) is 1. The van der Waals surface area contributed by atoms with E-state index in [4.69, 9.17) is 11.6 Å². The molecular formula is C24H28Cl2F3N3O3S. The monoisotopic (exact) mass is 565 g/mol. The minimum Gasteiger partial charge on any atom is -0.325 e. The van der Waals surface area contributed by atoms with Gasteiger partial charge in [-0.15, -0.1) is 12.4 Å². The number of fused-ring (bicyclic) bond motifs is 1. The third-order valence-corrected chi connectivity index (χ3v) is 8.16. The molecule has 1 amide bonds. The second kappa shape index (κ2) is 11.3. The molecule has 1 N–H and O–H groups in total. The lowest BCUT2D eigenvalue weighted by Crippen LogP contribution is -2.49. The molecule has 0 saturated carbocycles. The minimum absolute atomic E-state index is 0. The number of halogens is 5. The van der Waals surface area contributed by atoms with Crippen LogP contribution in [-0.2, 0) is 40.5 Å². The Bertz CT molecular complexity index is 1220. The van der Waals surface area contributed by atoms with E-state index in [1.807, 2.05) is 4.90 Å². The highest BCUT2D eigenvalue weighted by Gasteiger charge is 2.34. The molecule has 1 atom stereocenters. The Morgan fingerprint density at radius 3 is 2.53 bits per heavy atom. The van der Waals surface area contributed by atoms with Gasteiger partial charge in [0, 0.05) is 36.9 Å². The minimum atomic E-state index is -4.38. The second-order valence-electron chi connectivity index (χ2n) is 9.12. The first-order valence-electron chi connectivity index (χ1n) is 11.4. The molecule has 36 heavy (non-hydrogen) atoms. The van der Waals surface area contributed by atoms with Gasteiger partial charge in [0.2, 0.25) is 15.9 Å². The van der Waals surface area contributed by atoms with Crippen molar-refractivity contribution in [2.75, 3.05) is 24.7 Å².